The first-order valence-electron chi connectivity index (χ1n) is 6.90. The summed E-state index contributed by atoms with van der Waals surface area (Å²) in [7, 11) is 4.86. The van der Waals surface area contributed by atoms with Crippen molar-refractivity contribution in [1.82, 2.24) is 4.98 Å². The highest BCUT2D eigenvalue weighted by Crippen LogP contribution is 2.43. The number of benzene rings is 2. The Balaban J connectivity index is 2.03. The summed E-state index contributed by atoms with van der Waals surface area (Å²) in [6, 6.07) is 10.3. The highest BCUT2D eigenvalue weighted by Gasteiger charge is 2.15. The fourth-order valence-electron chi connectivity index (χ4n) is 2.39. The van der Waals surface area contributed by atoms with E-state index in [0.717, 1.165) is 15.3 Å². The molecule has 1 aromatic heterocycles. The molecule has 0 aliphatic heterocycles. The van der Waals surface area contributed by atoms with Gasteiger partial charge < -0.3 is 19.2 Å². The van der Waals surface area contributed by atoms with Crippen molar-refractivity contribution < 1.29 is 14.2 Å². The molecule has 1 heterocycles. The van der Waals surface area contributed by atoms with E-state index >= 15 is 0 Å². The number of rotatable bonds is 5. The van der Waals surface area contributed by atoms with Crippen molar-refractivity contribution in [3.8, 4) is 17.2 Å². The van der Waals surface area contributed by atoms with Crippen LogP contribution in [0.2, 0.25) is 0 Å². The minimum absolute atomic E-state index is 0.604. The van der Waals surface area contributed by atoms with Crippen LogP contribution in [-0.2, 0) is 0 Å². The van der Waals surface area contributed by atoms with Gasteiger partial charge in [0, 0.05) is 30.5 Å². The van der Waals surface area contributed by atoms with Crippen LogP contribution in [0, 0.1) is 3.57 Å². The molecule has 0 aliphatic rings. The van der Waals surface area contributed by atoms with Crippen LogP contribution in [0.25, 0.3) is 10.9 Å². The fourth-order valence-corrected chi connectivity index (χ4v) is 3.87. The summed E-state index contributed by atoms with van der Waals surface area (Å²) in [5.41, 5.74) is 1.13. The van der Waals surface area contributed by atoms with Crippen LogP contribution in [0.4, 0.5) is 0 Å². The molecule has 0 atom stereocenters. The van der Waals surface area contributed by atoms with E-state index in [-0.39, 0.29) is 0 Å². The zero-order chi connectivity index (χ0) is 16.4. The molecule has 0 unspecified atom stereocenters. The minimum Gasteiger partial charge on any atom is -0.493 e. The van der Waals surface area contributed by atoms with Gasteiger partial charge in [-0.3, -0.25) is 0 Å². The van der Waals surface area contributed by atoms with Gasteiger partial charge in [-0.1, -0.05) is 11.8 Å². The Morgan fingerprint density at radius 3 is 2.26 bits per heavy atom. The molecule has 4 nitrogen and oxygen atoms in total. The molecule has 0 radical (unpaired) electrons. The first-order chi connectivity index (χ1) is 11.2. The number of methoxy groups -OCH3 is 3. The summed E-state index contributed by atoms with van der Waals surface area (Å²) in [6.45, 7) is 0. The van der Waals surface area contributed by atoms with Gasteiger partial charge in [-0.2, -0.15) is 0 Å². The summed E-state index contributed by atoms with van der Waals surface area (Å²) in [6.07, 6.45) is 2.02. The third-order valence-electron chi connectivity index (χ3n) is 3.47. The van der Waals surface area contributed by atoms with E-state index in [1.54, 1.807) is 33.1 Å². The van der Waals surface area contributed by atoms with Crippen LogP contribution >= 0.6 is 34.4 Å². The molecule has 0 aliphatic carbocycles. The van der Waals surface area contributed by atoms with E-state index in [1.807, 2.05) is 18.3 Å². The van der Waals surface area contributed by atoms with Crippen molar-refractivity contribution in [3.63, 3.8) is 0 Å². The predicted molar refractivity (Wildman–Crippen MR) is 101 cm³/mol. The molecule has 3 aromatic rings. The summed E-state index contributed by atoms with van der Waals surface area (Å²) < 4.78 is 17.4. The Morgan fingerprint density at radius 2 is 1.65 bits per heavy atom. The normalized spacial score (nSPS) is 10.8. The van der Waals surface area contributed by atoms with Gasteiger partial charge in [0.2, 0.25) is 5.75 Å². The maximum Gasteiger partial charge on any atom is 0.203 e. The van der Waals surface area contributed by atoms with Gasteiger partial charge in [-0.25, -0.2) is 0 Å². The molecule has 0 amide bonds. The monoisotopic (exact) mass is 441 g/mol. The lowest BCUT2D eigenvalue weighted by Crippen LogP contribution is -1.95. The molecule has 0 bridgehead atoms. The largest absolute Gasteiger partial charge is 0.493 e. The Labute approximate surface area is 152 Å². The van der Waals surface area contributed by atoms with Crippen LogP contribution in [-0.4, -0.2) is 26.3 Å². The molecule has 0 fully saturated rings. The molecule has 0 saturated carbocycles. The lowest BCUT2D eigenvalue weighted by Gasteiger charge is -2.13. The SMILES string of the molecule is COc1cc(Sc2c[nH]c3ccc(I)cc23)cc(OC)c1OC. The summed E-state index contributed by atoms with van der Waals surface area (Å²) >= 11 is 3.99. The number of halogens is 1. The van der Waals surface area contributed by atoms with Crippen LogP contribution in [0.3, 0.4) is 0 Å². The van der Waals surface area contributed by atoms with E-state index in [4.69, 9.17) is 14.2 Å². The van der Waals surface area contributed by atoms with Crippen molar-refractivity contribution in [1.29, 1.82) is 0 Å². The highest BCUT2D eigenvalue weighted by molar-refractivity contribution is 14.1. The molecular formula is C17H16INO3S. The molecular weight excluding hydrogens is 425 g/mol. The van der Waals surface area contributed by atoms with E-state index in [2.05, 4.69) is 45.8 Å². The maximum absolute atomic E-state index is 5.42. The maximum atomic E-state index is 5.42. The topological polar surface area (TPSA) is 43.5 Å². The minimum atomic E-state index is 0.604. The molecule has 2 aromatic carbocycles. The van der Waals surface area contributed by atoms with E-state index < -0.39 is 0 Å². The van der Waals surface area contributed by atoms with Crippen LogP contribution < -0.4 is 14.2 Å². The average molecular weight is 441 g/mol. The average Bonchev–Trinajstić information content (AvgIpc) is 2.96. The number of hydrogen-bond donors (Lipinski definition) is 1. The van der Waals surface area contributed by atoms with Gasteiger partial charge in [-0.05, 0) is 52.9 Å². The second kappa shape index (κ2) is 6.92. The van der Waals surface area contributed by atoms with Crippen LogP contribution in [0.15, 0.2) is 46.3 Å². The van der Waals surface area contributed by atoms with Crippen molar-refractivity contribution in [2.45, 2.75) is 9.79 Å². The first kappa shape index (κ1) is 16.3. The van der Waals surface area contributed by atoms with Crippen molar-refractivity contribution in [3.05, 3.63) is 40.1 Å². The quantitative estimate of drug-likeness (QED) is 0.570. The van der Waals surface area contributed by atoms with E-state index in [0.29, 0.717) is 17.2 Å². The summed E-state index contributed by atoms with van der Waals surface area (Å²) in [4.78, 5) is 5.49. The molecule has 0 saturated heterocycles. The molecule has 3 rings (SSSR count). The number of hydrogen-bond acceptors (Lipinski definition) is 4. The Morgan fingerprint density at radius 1 is 0.957 bits per heavy atom. The Kier molecular flexibility index (Phi) is 4.91. The lowest BCUT2D eigenvalue weighted by atomic mass is 10.2. The number of fused-ring (bicyclic) bond motifs is 1. The van der Waals surface area contributed by atoms with Crippen LogP contribution in [0.1, 0.15) is 0 Å². The van der Waals surface area contributed by atoms with Crippen LogP contribution in [0.5, 0.6) is 17.2 Å². The fraction of sp³-hybridized carbons (Fsp3) is 0.176. The standard InChI is InChI=1S/C17H16INO3S/c1-20-14-7-11(8-15(21-2)17(14)22-3)23-16-9-19-13-5-4-10(18)6-12(13)16/h4-9,19H,1-3H3. The predicted octanol–water partition coefficient (Wildman–Crippen LogP) is 4.95. The van der Waals surface area contributed by atoms with Gasteiger partial charge in [0.15, 0.2) is 11.5 Å². The number of aromatic amines is 1. The smallest absolute Gasteiger partial charge is 0.203 e. The number of ether oxygens (including phenoxy) is 3. The summed E-state index contributed by atoms with van der Waals surface area (Å²) in [5, 5.41) is 1.20. The van der Waals surface area contributed by atoms with Gasteiger partial charge in [0.05, 0.1) is 21.3 Å². The van der Waals surface area contributed by atoms with Gasteiger partial charge in [0.1, 0.15) is 0 Å². The third-order valence-corrected chi connectivity index (χ3v) is 5.17. The Hall–Kier alpha value is -1.54. The number of aromatic nitrogens is 1. The molecule has 23 heavy (non-hydrogen) atoms. The highest BCUT2D eigenvalue weighted by atomic mass is 127. The van der Waals surface area contributed by atoms with Gasteiger partial charge >= 0.3 is 0 Å². The molecule has 0 spiro atoms. The van der Waals surface area contributed by atoms with E-state index in [1.165, 1.54) is 8.96 Å². The second-order valence-electron chi connectivity index (χ2n) is 4.81. The zero-order valence-electron chi connectivity index (χ0n) is 13.0. The van der Waals surface area contributed by atoms with Crippen molar-refractivity contribution in [2.24, 2.45) is 0 Å². The number of nitrogens with one attached hydrogen (secondary N) is 1. The first-order valence-corrected chi connectivity index (χ1v) is 8.80. The molecule has 1 N–H and O–H groups in total. The Bertz CT molecular complexity index is 822. The zero-order valence-corrected chi connectivity index (χ0v) is 15.9. The molecule has 120 valence electrons. The van der Waals surface area contributed by atoms with Crippen molar-refractivity contribution >= 4 is 45.3 Å². The molecule has 6 heteroatoms. The lowest BCUT2D eigenvalue weighted by molar-refractivity contribution is 0.323. The summed E-state index contributed by atoms with van der Waals surface area (Å²) in [5.74, 6) is 1.92. The second-order valence-corrected chi connectivity index (χ2v) is 7.17. The van der Waals surface area contributed by atoms with Gasteiger partial charge in [0.25, 0.3) is 0 Å². The van der Waals surface area contributed by atoms with Crippen molar-refractivity contribution in [2.75, 3.05) is 21.3 Å². The van der Waals surface area contributed by atoms with Gasteiger partial charge in [-0.15, -0.1) is 0 Å². The number of H-pyrrole nitrogens is 1. The third kappa shape index (κ3) is 3.23. The van der Waals surface area contributed by atoms with E-state index in [9.17, 15) is 0 Å².